The summed E-state index contributed by atoms with van der Waals surface area (Å²) in [5.74, 6) is 0.929. The lowest BCUT2D eigenvalue weighted by Crippen LogP contribution is -2.00. The number of hydrazone groups is 1. The summed E-state index contributed by atoms with van der Waals surface area (Å²) in [6, 6.07) is 21.2. The van der Waals surface area contributed by atoms with Gasteiger partial charge < -0.3 is 0 Å². The summed E-state index contributed by atoms with van der Waals surface area (Å²) in [4.78, 5) is 19.9. The largest absolute Gasteiger partial charge is 0.278 e. The van der Waals surface area contributed by atoms with Gasteiger partial charge in [0.05, 0.1) is 27.2 Å². The van der Waals surface area contributed by atoms with Crippen LogP contribution in [-0.4, -0.2) is 21.1 Å². The second kappa shape index (κ2) is 8.04. The van der Waals surface area contributed by atoms with E-state index in [0.717, 1.165) is 10.9 Å². The molecule has 0 aliphatic rings. The van der Waals surface area contributed by atoms with Crippen LogP contribution in [0.15, 0.2) is 77.9 Å². The molecule has 4 rings (SSSR count). The Labute approximate surface area is 170 Å². The number of benzene rings is 3. The van der Waals surface area contributed by atoms with E-state index in [2.05, 4.69) is 20.5 Å². The van der Waals surface area contributed by atoms with Crippen molar-refractivity contribution in [2.24, 2.45) is 5.10 Å². The summed E-state index contributed by atoms with van der Waals surface area (Å²) in [7, 11) is 0. The van der Waals surface area contributed by atoms with E-state index in [1.54, 1.807) is 24.3 Å². The number of nitro benzene ring substituents is 1. The Hall–Kier alpha value is -3.84. The fourth-order valence-electron chi connectivity index (χ4n) is 2.85. The minimum Gasteiger partial charge on any atom is -0.261 e. The highest BCUT2D eigenvalue weighted by Crippen LogP contribution is 2.29. The van der Waals surface area contributed by atoms with Crippen molar-refractivity contribution in [2.45, 2.75) is 0 Å². The molecule has 7 nitrogen and oxygen atoms in total. The first-order valence-corrected chi connectivity index (χ1v) is 9.05. The summed E-state index contributed by atoms with van der Waals surface area (Å²) in [6.07, 6.45) is 1.39. The zero-order chi connectivity index (χ0) is 20.2. The number of fused-ring (bicyclic) bond motifs is 1. The average Bonchev–Trinajstić information content (AvgIpc) is 2.74. The number of aromatic nitrogens is 2. The van der Waals surface area contributed by atoms with Gasteiger partial charge >= 0.3 is 0 Å². The van der Waals surface area contributed by atoms with Crippen LogP contribution in [0.1, 0.15) is 5.56 Å². The van der Waals surface area contributed by atoms with Crippen molar-refractivity contribution in [2.75, 3.05) is 5.43 Å². The first-order chi connectivity index (χ1) is 14.1. The molecule has 29 heavy (non-hydrogen) atoms. The minimum atomic E-state index is -0.447. The predicted octanol–water partition coefficient (Wildman–Crippen LogP) is 5.30. The van der Waals surface area contributed by atoms with Crippen LogP contribution in [0.25, 0.3) is 22.3 Å². The van der Waals surface area contributed by atoms with Gasteiger partial charge in [0, 0.05) is 17.0 Å². The molecular formula is C21H14ClN5O2. The van der Waals surface area contributed by atoms with Crippen molar-refractivity contribution >= 4 is 40.2 Å². The smallest absolute Gasteiger partial charge is 0.261 e. The summed E-state index contributed by atoms with van der Waals surface area (Å²) < 4.78 is 0. The van der Waals surface area contributed by atoms with Gasteiger partial charge in [0.15, 0.2) is 11.6 Å². The number of halogens is 1. The van der Waals surface area contributed by atoms with Crippen molar-refractivity contribution < 1.29 is 4.92 Å². The monoisotopic (exact) mass is 403 g/mol. The molecule has 142 valence electrons. The number of hydrogen-bond donors (Lipinski definition) is 1. The lowest BCUT2D eigenvalue weighted by Gasteiger charge is -2.09. The molecule has 8 heteroatoms. The van der Waals surface area contributed by atoms with Gasteiger partial charge in [0.2, 0.25) is 0 Å². The van der Waals surface area contributed by atoms with Crippen LogP contribution >= 0.6 is 11.6 Å². The van der Waals surface area contributed by atoms with Crippen molar-refractivity contribution in [3.8, 4) is 11.4 Å². The number of nitrogens with zero attached hydrogens (tertiary/aromatic N) is 4. The zero-order valence-corrected chi connectivity index (χ0v) is 15.7. The third kappa shape index (κ3) is 3.90. The Bertz CT molecular complexity index is 1240. The van der Waals surface area contributed by atoms with E-state index in [1.165, 1.54) is 12.3 Å². The van der Waals surface area contributed by atoms with E-state index in [-0.39, 0.29) is 5.69 Å². The standard InChI is InChI=1S/C21H14ClN5O2/c22-17-10-4-2-8-15(17)20-24-18-11-5-3-9-16(18)21(25-20)26-23-13-14-7-1-6-12-19(14)27(28)29/h1-13H,(H,24,25,26). The number of nitrogens with one attached hydrogen (secondary N) is 1. The van der Waals surface area contributed by atoms with Gasteiger partial charge in [-0.05, 0) is 30.3 Å². The maximum atomic E-state index is 11.2. The van der Waals surface area contributed by atoms with Crippen LogP contribution < -0.4 is 5.43 Å². The van der Waals surface area contributed by atoms with E-state index in [0.29, 0.717) is 27.8 Å². The quantitative estimate of drug-likeness (QED) is 0.277. The van der Waals surface area contributed by atoms with E-state index >= 15 is 0 Å². The summed E-state index contributed by atoms with van der Waals surface area (Å²) >= 11 is 6.30. The highest BCUT2D eigenvalue weighted by Gasteiger charge is 2.12. The first kappa shape index (κ1) is 18.5. The maximum Gasteiger partial charge on any atom is 0.278 e. The van der Waals surface area contributed by atoms with Gasteiger partial charge in [-0.3, -0.25) is 15.5 Å². The minimum absolute atomic E-state index is 0.0256. The second-order valence-corrected chi connectivity index (χ2v) is 6.49. The maximum absolute atomic E-state index is 11.2. The van der Waals surface area contributed by atoms with Crippen LogP contribution in [0.5, 0.6) is 0 Å². The van der Waals surface area contributed by atoms with Gasteiger partial charge in [-0.25, -0.2) is 9.97 Å². The molecule has 0 saturated carbocycles. The number of nitro groups is 1. The molecule has 1 N–H and O–H groups in total. The number of para-hydroxylation sites is 2. The molecule has 3 aromatic carbocycles. The third-order valence-electron chi connectivity index (χ3n) is 4.23. The highest BCUT2D eigenvalue weighted by atomic mass is 35.5. The molecule has 1 aromatic heterocycles. The summed E-state index contributed by atoms with van der Waals surface area (Å²) in [5, 5.41) is 16.6. The molecule has 0 aliphatic carbocycles. The van der Waals surface area contributed by atoms with Crippen molar-refractivity contribution in [1.82, 2.24) is 9.97 Å². The van der Waals surface area contributed by atoms with Gasteiger partial charge in [-0.2, -0.15) is 5.10 Å². The number of anilines is 1. The molecule has 0 spiro atoms. The molecule has 0 saturated heterocycles. The molecule has 0 fully saturated rings. The molecule has 0 aliphatic heterocycles. The number of hydrogen-bond acceptors (Lipinski definition) is 6. The van der Waals surface area contributed by atoms with E-state index in [1.807, 2.05) is 42.5 Å². The first-order valence-electron chi connectivity index (χ1n) is 8.67. The van der Waals surface area contributed by atoms with E-state index < -0.39 is 4.92 Å². The fraction of sp³-hybridized carbons (Fsp3) is 0. The molecule has 0 bridgehead atoms. The van der Waals surface area contributed by atoms with Crippen molar-refractivity contribution in [3.05, 3.63) is 93.5 Å². The summed E-state index contributed by atoms with van der Waals surface area (Å²) in [5.41, 5.74) is 4.67. The molecule has 1 heterocycles. The van der Waals surface area contributed by atoms with Crippen molar-refractivity contribution in [1.29, 1.82) is 0 Å². The Morgan fingerprint density at radius 1 is 0.966 bits per heavy atom. The van der Waals surface area contributed by atoms with Gasteiger partial charge in [0.1, 0.15) is 0 Å². The molecule has 0 atom stereocenters. The lowest BCUT2D eigenvalue weighted by atomic mass is 10.2. The normalized spacial score (nSPS) is 11.1. The molecule has 0 amide bonds. The van der Waals surface area contributed by atoms with Crippen LogP contribution in [0, 0.1) is 10.1 Å². The fourth-order valence-corrected chi connectivity index (χ4v) is 3.07. The van der Waals surface area contributed by atoms with E-state index in [4.69, 9.17) is 11.6 Å². The van der Waals surface area contributed by atoms with Crippen LogP contribution in [0.4, 0.5) is 11.5 Å². The SMILES string of the molecule is O=[N+]([O-])c1ccccc1C=NNc1nc(-c2ccccc2Cl)nc2ccccc12. The zero-order valence-electron chi connectivity index (χ0n) is 15.0. The Kier molecular flexibility index (Phi) is 5.13. The molecule has 0 radical (unpaired) electrons. The summed E-state index contributed by atoms with van der Waals surface area (Å²) in [6.45, 7) is 0. The molecular weight excluding hydrogens is 390 g/mol. The van der Waals surface area contributed by atoms with E-state index in [9.17, 15) is 10.1 Å². The predicted molar refractivity (Wildman–Crippen MR) is 114 cm³/mol. The Morgan fingerprint density at radius 2 is 1.69 bits per heavy atom. The molecule has 4 aromatic rings. The van der Waals surface area contributed by atoms with Crippen molar-refractivity contribution in [3.63, 3.8) is 0 Å². The number of rotatable bonds is 5. The van der Waals surface area contributed by atoms with Gasteiger partial charge in [-0.1, -0.05) is 48.0 Å². The third-order valence-corrected chi connectivity index (χ3v) is 4.56. The van der Waals surface area contributed by atoms with Crippen LogP contribution in [-0.2, 0) is 0 Å². The highest BCUT2D eigenvalue weighted by molar-refractivity contribution is 6.33. The average molecular weight is 404 g/mol. The van der Waals surface area contributed by atoms with Gasteiger partial charge in [-0.15, -0.1) is 0 Å². The Balaban J connectivity index is 1.74. The Morgan fingerprint density at radius 3 is 2.52 bits per heavy atom. The topological polar surface area (TPSA) is 93.3 Å². The second-order valence-electron chi connectivity index (χ2n) is 6.08. The van der Waals surface area contributed by atoms with Crippen LogP contribution in [0.2, 0.25) is 5.02 Å². The molecule has 0 unspecified atom stereocenters. The lowest BCUT2D eigenvalue weighted by molar-refractivity contribution is -0.385. The van der Waals surface area contributed by atoms with Crippen LogP contribution in [0.3, 0.4) is 0 Å². The van der Waals surface area contributed by atoms with Gasteiger partial charge in [0.25, 0.3) is 5.69 Å².